The van der Waals surface area contributed by atoms with E-state index < -0.39 is 0 Å². The van der Waals surface area contributed by atoms with Crippen molar-refractivity contribution in [2.75, 3.05) is 6.61 Å². The van der Waals surface area contributed by atoms with Gasteiger partial charge in [0, 0.05) is 5.54 Å². The van der Waals surface area contributed by atoms with Crippen molar-refractivity contribution in [3.8, 4) is 0 Å². The number of rotatable bonds is 2. The molecule has 0 aromatic carbocycles. The molecule has 4 heteroatoms. The summed E-state index contributed by atoms with van der Waals surface area (Å²) < 4.78 is 0. The molecule has 0 radical (unpaired) electrons. The van der Waals surface area contributed by atoms with Gasteiger partial charge < -0.3 is 5.32 Å². The fraction of sp³-hybridized carbons (Fsp3) is 0.833. The Morgan fingerprint density at radius 3 is 2.40 bits per heavy atom. The zero-order chi connectivity index (χ0) is 8.20. The second-order valence-corrected chi connectivity index (χ2v) is 3.11. The molecule has 0 bridgehead atoms. The van der Waals surface area contributed by atoms with Crippen LogP contribution < -0.4 is 11.2 Å². The van der Waals surface area contributed by atoms with Crippen molar-refractivity contribution in [3.05, 3.63) is 0 Å². The van der Waals surface area contributed by atoms with E-state index in [4.69, 9.17) is 0 Å². The minimum absolute atomic E-state index is 0.0860. The molecular formula is C6H14N2O2. The van der Waals surface area contributed by atoms with Crippen LogP contribution in [-0.2, 0) is 9.63 Å². The van der Waals surface area contributed by atoms with Gasteiger partial charge in [0.15, 0.2) is 0 Å². The smallest absolute Gasteiger partial charge is 0.248 e. The molecule has 0 aromatic heterocycles. The molecule has 60 valence electrons. The maximum atomic E-state index is 10.7. The molecule has 0 atom stereocenters. The van der Waals surface area contributed by atoms with Gasteiger partial charge in [-0.25, -0.2) is 5.90 Å². The number of carbonyl (C=O) groups excluding carboxylic acids is 1. The Morgan fingerprint density at radius 2 is 2.10 bits per heavy atom. The van der Waals surface area contributed by atoms with Gasteiger partial charge in [0.2, 0.25) is 5.91 Å². The average molecular weight is 146 g/mol. The molecule has 0 fully saturated rings. The maximum absolute atomic E-state index is 10.7. The quantitative estimate of drug-likeness (QED) is 0.530. The summed E-state index contributed by atoms with van der Waals surface area (Å²) in [5.41, 5.74) is -0.213. The molecule has 4 nitrogen and oxygen atoms in total. The maximum Gasteiger partial charge on any atom is 0.248 e. The fourth-order valence-electron chi connectivity index (χ4n) is 0.530. The van der Waals surface area contributed by atoms with Crippen molar-refractivity contribution in [2.45, 2.75) is 26.3 Å². The van der Waals surface area contributed by atoms with Crippen molar-refractivity contribution in [1.82, 2.24) is 5.32 Å². The predicted octanol–water partition coefficient (Wildman–Crippen LogP) is -0.209. The van der Waals surface area contributed by atoms with E-state index in [1.165, 1.54) is 0 Å². The normalized spacial score (nSPS) is 11.2. The summed E-state index contributed by atoms with van der Waals surface area (Å²) in [5, 5.41) is 2.68. The lowest BCUT2D eigenvalue weighted by Crippen LogP contribution is -2.42. The topological polar surface area (TPSA) is 64.3 Å². The molecular weight excluding hydrogens is 132 g/mol. The van der Waals surface area contributed by atoms with Gasteiger partial charge in [0.1, 0.15) is 6.61 Å². The van der Waals surface area contributed by atoms with E-state index in [2.05, 4.69) is 16.1 Å². The largest absolute Gasteiger partial charge is 0.349 e. The standard InChI is InChI=1S/C6H14N2O2/c1-6(2,3)8-5(9)4-10-7/h4,7H2,1-3H3,(H,8,9). The first-order valence-corrected chi connectivity index (χ1v) is 3.08. The third-order valence-corrected chi connectivity index (χ3v) is 0.729. The van der Waals surface area contributed by atoms with Crippen molar-refractivity contribution >= 4 is 5.91 Å². The lowest BCUT2D eigenvalue weighted by atomic mass is 10.1. The number of amides is 1. The van der Waals surface area contributed by atoms with Crippen molar-refractivity contribution < 1.29 is 9.63 Å². The summed E-state index contributed by atoms with van der Waals surface area (Å²) in [6.07, 6.45) is 0. The van der Waals surface area contributed by atoms with Gasteiger partial charge in [-0.05, 0) is 20.8 Å². The van der Waals surface area contributed by atoms with Gasteiger partial charge >= 0.3 is 0 Å². The fourth-order valence-corrected chi connectivity index (χ4v) is 0.530. The van der Waals surface area contributed by atoms with Crippen LogP contribution in [0.5, 0.6) is 0 Å². The number of nitrogens with two attached hydrogens (primary N) is 1. The number of nitrogens with one attached hydrogen (secondary N) is 1. The predicted molar refractivity (Wildman–Crippen MR) is 38.0 cm³/mol. The van der Waals surface area contributed by atoms with E-state index in [1.807, 2.05) is 20.8 Å². The third kappa shape index (κ3) is 5.53. The summed E-state index contributed by atoms with van der Waals surface area (Å²) in [4.78, 5) is 14.9. The summed E-state index contributed by atoms with van der Waals surface area (Å²) in [7, 11) is 0. The van der Waals surface area contributed by atoms with Crippen LogP contribution >= 0.6 is 0 Å². The SMILES string of the molecule is CC(C)(C)NC(=O)CON. The van der Waals surface area contributed by atoms with E-state index in [9.17, 15) is 4.79 Å². The van der Waals surface area contributed by atoms with Crippen LogP contribution in [0.15, 0.2) is 0 Å². The molecule has 0 heterocycles. The van der Waals surface area contributed by atoms with Crippen LogP contribution in [0.1, 0.15) is 20.8 Å². The lowest BCUT2D eigenvalue weighted by molar-refractivity contribution is -0.127. The first-order chi connectivity index (χ1) is 4.45. The minimum atomic E-state index is -0.213. The first kappa shape index (κ1) is 9.39. The van der Waals surface area contributed by atoms with E-state index in [0.717, 1.165) is 0 Å². The van der Waals surface area contributed by atoms with Crippen LogP contribution in [0.3, 0.4) is 0 Å². The Balaban J connectivity index is 3.58. The van der Waals surface area contributed by atoms with E-state index in [1.54, 1.807) is 0 Å². The van der Waals surface area contributed by atoms with Crippen LogP contribution in [0.2, 0.25) is 0 Å². The molecule has 0 aliphatic rings. The summed E-state index contributed by atoms with van der Waals surface area (Å²) in [6, 6.07) is 0. The zero-order valence-electron chi connectivity index (χ0n) is 6.60. The summed E-state index contributed by atoms with van der Waals surface area (Å²) >= 11 is 0. The summed E-state index contributed by atoms with van der Waals surface area (Å²) in [5.74, 6) is 4.49. The summed E-state index contributed by atoms with van der Waals surface area (Å²) in [6.45, 7) is 5.58. The Kier molecular flexibility index (Phi) is 3.32. The van der Waals surface area contributed by atoms with E-state index in [0.29, 0.717) is 0 Å². The van der Waals surface area contributed by atoms with Gasteiger partial charge in [-0.2, -0.15) is 0 Å². The number of hydrogen-bond acceptors (Lipinski definition) is 3. The number of carbonyl (C=O) groups is 1. The van der Waals surface area contributed by atoms with Crippen LogP contribution in [0, 0.1) is 0 Å². The van der Waals surface area contributed by atoms with Crippen LogP contribution in [-0.4, -0.2) is 18.1 Å². The molecule has 0 rings (SSSR count). The molecule has 0 aliphatic carbocycles. The Morgan fingerprint density at radius 1 is 1.60 bits per heavy atom. The van der Waals surface area contributed by atoms with Crippen LogP contribution in [0.25, 0.3) is 0 Å². The highest BCUT2D eigenvalue weighted by Crippen LogP contribution is 1.97. The Bertz CT molecular complexity index is 117. The molecule has 1 amide bonds. The van der Waals surface area contributed by atoms with E-state index >= 15 is 0 Å². The third-order valence-electron chi connectivity index (χ3n) is 0.729. The molecule has 10 heavy (non-hydrogen) atoms. The Hall–Kier alpha value is -0.610. The second kappa shape index (κ2) is 3.53. The van der Waals surface area contributed by atoms with Crippen molar-refractivity contribution in [2.24, 2.45) is 5.90 Å². The van der Waals surface area contributed by atoms with Crippen molar-refractivity contribution in [1.29, 1.82) is 0 Å². The highest BCUT2D eigenvalue weighted by atomic mass is 16.6. The molecule has 3 N–H and O–H groups in total. The first-order valence-electron chi connectivity index (χ1n) is 3.08. The van der Waals surface area contributed by atoms with Gasteiger partial charge in [-0.15, -0.1) is 0 Å². The molecule has 0 unspecified atom stereocenters. The molecule has 0 saturated carbocycles. The van der Waals surface area contributed by atoms with Crippen LogP contribution in [0.4, 0.5) is 0 Å². The second-order valence-electron chi connectivity index (χ2n) is 3.11. The number of hydrogen-bond donors (Lipinski definition) is 2. The molecule has 0 aliphatic heterocycles. The van der Waals surface area contributed by atoms with E-state index in [-0.39, 0.29) is 18.1 Å². The van der Waals surface area contributed by atoms with Gasteiger partial charge in [0.25, 0.3) is 0 Å². The van der Waals surface area contributed by atoms with Gasteiger partial charge in [-0.3, -0.25) is 9.63 Å². The molecule has 0 aromatic rings. The van der Waals surface area contributed by atoms with Crippen molar-refractivity contribution in [3.63, 3.8) is 0 Å². The molecule has 0 saturated heterocycles. The lowest BCUT2D eigenvalue weighted by Gasteiger charge is -2.19. The minimum Gasteiger partial charge on any atom is -0.349 e. The highest BCUT2D eigenvalue weighted by Gasteiger charge is 2.12. The molecule has 0 spiro atoms. The monoisotopic (exact) mass is 146 g/mol. The van der Waals surface area contributed by atoms with Gasteiger partial charge in [-0.1, -0.05) is 0 Å². The Labute approximate surface area is 60.7 Å². The highest BCUT2D eigenvalue weighted by molar-refractivity contribution is 5.77. The van der Waals surface area contributed by atoms with Gasteiger partial charge in [0.05, 0.1) is 0 Å². The average Bonchev–Trinajstić information content (AvgIpc) is 1.59. The zero-order valence-corrected chi connectivity index (χ0v) is 6.60.